The quantitative estimate of drug-likeness (QED) is 0.852. The van der Waals surface area contributed by atoms with Gasteiger partial charge in [0, 0.05) is 25.3 Å². The zero-order chi connectivity index (χ0) is 10.7. The molecule has 0 radical (unpaired) electrons. The van der Waals surface area contributed by atoms with E-state index in [9.17, 15) is 0 Å². The average Bonchev–Trinajstić information content (AvgIpc) is 2.67. The molecule has 1 unspecified atom stereocenters. The number of likely N-dealkylation sites (N-methyl/N-ethyl adjacent to an activating group) is 1. The zero-order valence-corrected chi connectivity index (χ0v) is 10.9. The van der Waals surface area contributed by atoms with Crippen molar-refractivity contribution >= 4 is 28.4 Å². The summed E-state index contributed by atoms with van der Waals surface area (Å²) in [6, 6.07) is 0.582. The predicted molar refractivity (Wildman–Crippen MR) is 69.0 cm³/mol. The molecule has 0 aliphatic carbocycles. The average molecular weight is 318 g/mol. The molecule has 82 valence electrons. The summed E-state index contributed by atoms with van der Waals surface area (Å²) in [4.78, 5) is 10.8. The van der Waals surface area contributed by atoms with Crippen LogP contribution in [0.1, 0.15) is 12.8 Å². The zero-order valence-electron chi connectivity index (χ0n) is 8.78. The van der Waals surface area contributed by atoms with Gasteiger partial charge in [-0.15, -0.1) is 0 Å². The van der Waals surface area contributed by atoms with Gasteiger partial charge in [0.2, 0.25) is 0 Å². The van der Waals surface area contributed by atoms with Gasteiger partial charge in [-0.3, -0.25) is 0 Å². The summed E-state index contributed by atoms with van der Waals surface area (Å²) in [5, 5.41) is 3.24. The van der Waals surface area contributed by atoms with Crippen LogP contribution in [0.2, 0.25) is 0 Å². The molecule has 5 heteroatoms. The standard InChI is InChI=1S/C10H15IN4/c1-12-5-8-3-2-4-15(8)10-9(11)6-13-7-14-10/h6-8,12H,2-5H2,1H3. The van der Waals surface area contributed by atoms with Crippen molar-refractivity contribution in [3.8, 4) is 0 Å². The van der Waals surface area contributed by atoms with Gasteiger partial charge in [0.05, 0.1) is 3.57 Å². The van der Waals surface area contributed by atoms with Gasteiger partial charge in [-0.05, 0) is 42.5 Å². The van der Waals surface area contributed by atoms with Gasteiger partial charge in [-0.1, -0.05) is 0 Å². The highest BCUT2D eigenvalue weighted by Crippen LogP contribution is 2.26. The molecule has 1 fully saturated rings. The van der Waals surface area contributed by atoms with Crippen LogP contribution in [0, 0.1) is 3.57 Å². The summed E-state index contributed by atoms with van der Waals surface area (Å²) in [5.41, 5.74) is 0. The van der Waals surface area contributed by atoms with E-state index in [-0.39, 0.29) is 0 Å². The third kappa shape index (κ3) is 2.39. The number of aromatic nitrogens is 2. The minimum absolute atomic E-state index is 0.582. The first kappa shape index (κ1) is 11.1. The highest BCUT2D eigenvalue weighted by Gasteiger charge is 2.26. The van der Waals surface area contributed by atoms with Crippen LogP contribution in [0.4, 0.5) is 5.82 Å². The maximum Gasteiger partial charge on any atom is 0.145 e. The predicted octanol–water partition coefficient (Wildman–Crippen LogP) is 1.27. The largest absolute Gasteiger partial charge is 0.351 e. The number of nitrogens with zero attached hydrogens (tertiary/aromatic N) is 3. The van der Waals surface area contributed by atoms with Crippen molar-refractivity contribution in [2.45, 2.75) is 18.9 Å². The van der Waals surface area contributed by atoms with Crippen molar-refractivity contribution in [3.05, 3.63) is 16.1 Å². The molecule has 1 aromatic heterocycles. The van der Waals surface area contributed by atoms with Crippen LogP contribution in [0.25, 0.3) is 0 Å². The smallest absolute Gasteiger partial charge is 0.145 e. The van der Waals surface area contributed by atoms with E-state index in [1.807, 2.05) is 13.2 Å². The number of nitrogens with one attached hydrogen (secondary N) is 1. The van der Waals surface area contributed by atoms with E-state index in [1.165, 1.54) is 12.8 Å². The molecule has 1 saturated heterocycles. The molecule has 4 nitrogen and oxygen atoms in total. The summed E-state index contributed by atoms with van der Waals surface area (Å²) in [7, 11) is 2.00. The Hall–Kier alpha value is -0.430. The summed E-state index contributed by atoms with van der Waals surface area (Å²) in [5.74, 6) is 1.09. The van der Waals surface area contributed by atoms with Gasteiger partial charge in [-0.2, -0.15) is 0 Å². The van der Waals surface area contributed by atoms with Crippen LogP contribution in [0.5, 0.6) is 0 Å². The minimum atomic E-state index is 0.582. The van der Waals surface area contributed by atoms with Gasteiger partial charge in [0.15, 0.2) is 0 Å². The van der Waals surface area contributed by atoms with E-state index in [2.05, 4.69) is 42.8 Å². The lowest BCUT2D eigenvalue weighted by atomic mass is 10.2. The van der Waals surface area contributed by atoms with Crippen LogP contribution < -0.4 is 10.2 Å². The number of hydrogen-bond acceptors (Lipinski definition) is 4. The molecule has 2 rings (SSSR count). The second-order valence-corrected chi connectivity index (χ2v) is 4.90. The normalized spacial score (nSPS) is 20.9. The lowest BCUT2D eigenvalue weighted by molar-refractivity contribution is 0.610. The monoisotopic (exact) mass is 318 g/mol. The van der Waals surface area contributed by atoms with Crippen molar-refractivity contribution in [2.24, 2.45) is 0 Å². The van der Waals surface area contributed by atoms with Crippen molar-refractivity contribution in [1.29, 1.82) is 0 Å². The second-order valence-electron chi connectivity index (χ2n) is 3.74. The molecule has 0 aromatic carbocycles. The molecular weight excluding hydrogens is 303 g/mol. The SMILES string of the molecule is CNCC1CCCN1c1ncncc1I. The minimum Gasteiger partial charge on any atom is -0.351 e. The van der Waals surface area contributed by atoms with Crippen LogP contribution in [0.15, 0.2) is 12.5 Å². The topological polar surface area (TPSA) is 41.0 Å². The maximum atomic E-state index is 4.37. The first-order valence-electron chi connectivity index (χ1n) is 5.19. The van der Waals surface area contributed by atoms with Crippen molar-refractivity contribution in [2.75, 3.05) is 25.0 Å². The van der Waals surface area contributed by atoms with Gasteiger partial charge in [0.1, 0.15) is 12.1 Å². The Kier molecular flexibility index (Phi) is 3.74. The molecule has 1 atom stereocenters. The third-order valence-electron chi connectivity index (χ3n) is 2.74. The van der Waals surface area contributed by atoms with E-state index in [0.717, 1.165) is 22.5 Å². The van der Waals surface area contributed by atoms with E-state index < -0.39 is 0 Å². The number of halogens is 1. The molecule has 0 bridgehead atoms. The van der Waals surface area contributed by atoms with E-state index in [4.69, 9.17) is 0 Å². The summed E-state index contributed by atoms with van der Waals surface area (Å²) < 4.78 is 1.14. The highest BCUT2D eigenvalue weighted by molar-refractivity contribution is 14.1. The number of anilines is 1. The van der Waals surface area contributed by atoms with Gasteiger partial charge >= 0.3 is 0 Å². The van der Waals surface area contributed by atoms with Gasteiger partial charge in [0.25, 0.3) is 0 Å². The number of hydrogen-bond donors (Lipinski definition) is 1. The van der Waals surface area contributed by atoms with Gasteiger partial charge in [-0.25, -0.2) is 9.97 Å². The molecule has 2 heterocycles. The fourth-order valence-corrected chi connectivity index (χ4v) is 2.69. The van der Waals surface area contributed by atoms with Crippen LogP contribution >= 0.6 is 22.6 Å². The lowest BCUT2D eigenvalue weighted by Crippen LogP contribution is -2.37. The molecule has 1 aliphatic heterocycles. The third-order valence-corrected chi connectivity index (χ3v) is 3.50. The highest BCUT2D eigenvalue weighted by atomic mass is 127. The summed E-state index contributed by atoms with van der Waals surface area (Å²) >= 11 is 2.30. The summed E-state index contributed by atoms with van der Waals surface area (Å²) in [6.45, 7) is 2.14. The van der Waals surface area contributed by atoms with Crippen molar-refractivity contribution in [3.63, 3.8) is 0 Å². The fraction of sp³-hybridized carbons (Fsp3) is 0.600. The Morgan fingerprint density at radius 1 is 1.67 bits per heavy atom. The molecule has 1 aliphatic rings. The second kappa shape index (κ2) is 5.07. The van der Waals surface area contributed by atoms with E-state index >= 15 is 0 Å². The Morgan fingerprint density at radius 2 is 2.53 bits per heavy atom. The Morgan fingerprint density at radius 3 is 3.27 bits per heavy atom. The van der Waals surface area contributed by atoms with Crippen LogP contribution in [0.3, 0.4) is 0 Å². The Labute approximate surface area is 104 Å². The lowest BCUT2D eigenvalue weighted by Gasteiger charge is -2.26. The van der Waals surface area contributed by atoms with E-state index in [1.54, 1.807) is 6.33 Å². The van der Waals surface area contributed by atoms with Crippen molar-refractivity contribution in [1.82, 2.24) is 15.3 Å². The van der Waals surface area contributed by atoms with Crippen LogP contribution in [-0.2, 0) is 0 Å². The van der Waals surface area contributed by atoms with Gasteiger partial charge < -0.3 is 10.2 Å². The van der Waals surface area contributed by atoms with Crippen molar-refractivity contribution < 1.29 is 0 Å². The summed E-state index contributed by atoms with van der Waals surface area (Å²) in [6.07, 6.45) is 6.01. The molecule has 15 heavy (non-hydrogen) atoms. The molecule has 0 saturated carbocycles. The van der Waals surface area contributed by atoms with Crippen LogP contribution in [-0.4, -0.2) is 36.1 Å². The Balaban J connectivity index is 2.19. The fourth-order valence-electron chi connectivity index (χ4n) is 2.08. The maximum absolute atomic E-state index is 4.37. The first-order valence-corrected chi connectivity index (χ1v) is 6.27. The Bertz CT molecular complexity index is 331. The molecule has 1 N–H and O–H groups in total. The molecule has 0 spiro atoms. The number of rotatable bonds is 3. The molecule has 1 aromatic rings. The molecular formula is C10H15IN4. The first-order chi connectivity index (χ1) is 7.33. The molecule has 0 amide bonds. The van der Waals surface area contributed by atoms with E-state index in [0.29, 0.717) is 6.04 Å².